The Labute approximate surface area is 131 Å². The molecule has 0 bridgehead atoms. The second kappa shape index (κ2) is 5.67. The van der Waals surface area contributed by atoms with Crippen LogP contribution in [0.5, 0.6) is 0 Å². The SMILES string of the molecule is Cl.NCCCC1=Cc2ccc3cccc4c3c2C(=CC4)C1. The number of benzene rings is 2. The maximum Gasteiger partial charge on any atom is -0.00604 e. The van der Waals surface area contributed by atoms with Gasteiger partial charge in [-0.1, -0.05) is 48.1 Å². The van der Waals surface area contributed by atoms with E-state index < -0.39 is 0 Å². The number of allylic oxidation sites excluding steroid dienone is 3. The molecule has 0 amide bonds. The third-order valence-electron chi connectivity index (χ3n) is 4.53. The summed E-state index contributed by atoms with van der Waals surface area (Å²) in [5.74, 6) is 0. The highest BCUT2D eigenvalue weighted by atomic mass is 35.5. The van der Waals surface area contributed by atoms with Gasteiger partial charge in [-0.05, 0) is 65.3 Å². The van der Waals surface area contributed by atoms with Gasteiger partial charge in [0, 0.05) is 0 Å². The number of hydrogen-bond donors (Lipinski definition) is 1. The van der Waals surface area contributed by atoms with Gasteiger partial charge in [0.15, 0.2) is 0 Å². The van der Waals surface area contributed by atoms with Crippen molar-refractivity contribution in [3.8, 4) is 0 Å². The fourth-order valence-corrected chi connectivity index (χ4v) is 3.61. The fraction of sp³-hybridized carbons (Fsp3) is 0.263. The zero-order valence-electron chi connectivity index (χ0n) is 12.1. The fourth-order valence-electron chi connectivity index (χ4n) is 3.61. The summed E-state index contributed by atoms with van der Waals surface area (Å²) < 4.78 is 0. The average Bonchev–Trinajstić information content (AvgIpc) is 2.50. The van der Waals surface area contributed by atoms with Gasteiger partial charge in [-0.15, -0.1) is 12.4 Å². The van der Waals surface area contributed by atoms with Gasteiger partial charge < -0.3 is 5.73 Å². The molecule has 2 aromatic rings. The van der Waals surface area contributed by atoms with Crippen molar-refractivity contribution in [2.24, 2.45) is 5.73 Å². The minimum absolute atomic E-state index is 0. The highest BCUT2D eigenvalue weighted by Crippen LogP contribution is 2.42. The van der Waals surface area contributed by atoms with E-state index in [1.54, 1.807) is 0 Å². The Kier molecular flexibility index (Phi) is 3.88. The molecular formula is C19H20ClN. The monoisotopic (exact) mass is 297 g/mol. The minimum Gasteiger partial charge on any atom is -0.330 e. The van der Waals surface area contributed by atoms with E-state index in [0.29, 0.717) is 0 Å². The molecule has 0 spiro atoms. The zero-order chi connectivity index (χ0) is 13.5. The van der Waals surface area contributed by atoms with Crippen molar-refractivity contribution >= 4 is 34.8 Å². The van der Waals surface area contributed by atoms with Crippen molar-refractivity contribution in [2.45, 2.75) is 25.7 Å². The molecule has 2 N–H and O–H groups in total. The van der Waals surface area contributed by atoms with E-state index in [0.717, 1.165) is 32.2 Å². The van der Waals surface area contributed by atoms with Gasteiger partial charge >= 0.3 is 0 Å². The highest BCUT2D eigenvalue weighted by molar-refractivity contribution is 6.03. The van der Waals surface area contributed by atoms with Crippen LogP contribution < -0.4 is 5.73 Å². The summed E-state index contributed by atoms with van der Waals surface area (Å²) in [6, 6.07) is 11.2. The van der Waals surface area contributed by atoms with Crippen molar-refractivity contribution < 1.29 is 0 Å². The zero-order valence-corrected chi connectivity index (χ0v) is 12.9. The van der Waals surface area contributed by atoms with Crippen LogP contribution in [-0.2, 0) is 6.42 Å². The van der Waals surface area contributed by atoms with E-state index in [4.69, 9.17) is 5.73 Å². The molecule has 2 aromatic carbocycles. The second-order valence-electron chi connectivity index (χ2n) is 5.85. The molecule has 1 nitrogen and oxygen atoms in total. The van der Waals surface area contributed by atoms with Crippen LogP contribution in [0.3, 0.4) is 0 Å². The molecule has 0 atom stereocenters. The van der Waals surface area contributed by atoms with Gasteiger partial charge in [-0.3, -0.25) is 0 Å². The predicted octanol–water partition coefficient (Wildman–Crippen LogP) is 4.73. The van der Waals surface area contributed by atoms with E-state index >= 15 is 0 Å². The van der Waals surface area contributed by atoms with Crippen LogP contribution >= 0.6 is 12.4 Å². The first kappa shape index (κ1) is 14.4. The molecule has 2 heteroatoms. The minimum atomic E-state index is 0. The lowest BCUT2D eigenvalue weighted by molar-refractivity contribution is 0.813. The van der Waals surface area contributed by atoms with E-state index in [2.05, 4.69) is 42.5 Å². The Morgan fingerprint density at radius 2 is 2.00 bits per heavy atom. The van der Waals surface area contributed by atoms with Crippen molar-refractivity contribution in [2.75, 3.05) is 6.54 Å². The Morgan fingerprint density at radius 3 is 2.86 bits per heavy atom. The topological polar surface area (TPSA) is 26.0 Å². The van der Waals surface area contributed by atoms with Crippen molar-refractivity contribution in [1.82, 2.24) is 0 Å². The molecule has 0 saturated carbocycles. The van der Waals surface area contributed by atoms with Crippen LogP contribution in [0.4, 0.5) is 0 Å². The largest absolute Gasteiger partial charge is 0.330 e. The van der Waals surface area contributed by atoms with Crippen LogP contribution in [-0.4, -0.2) is 6.54 Å². The second-order valence-corrected chi connectivity index (χ2v) is 5.85. The third-order valence-corrected chi connectivity index (χ3v) is 4.53. The summed E-state index contributed by atoms with van der Waals surface area (Å²) in [5.41, 5.74) is 13.1. The van der Waals surface area contributed by atoms with Gasteiger partial charge in [0.2, 0.25) is 0 Å². The molecule has 0 aromatic heterocycles. The van der Waals surface area contributed by atoms with E-state index in [1.165, 1.54) is 38.6 Å². The van der Waals surface area contributed by atoms with Gasteiger partial charge in [-0.25, -0.2) is 0 Å². The molecular weight excluding hydrogens is 278 g/mol. The molecule has 0 saturated heterocycles. The summed E-state index contributed by atoms with van der Waals surface area (Å²) in [6.45, 7) is 0.783. The number of halogens is 1. The normalized spacial score (nSPS) is 15.3. The molecule has 21 heavy (non-hydrogen) atoms. The van der Waals surface area contributed by atoms with Crippen LogP contribution in [0.25, 0.3) is 22.4 Å². The van der Waals surface area contributed by atoms with Crippen LogP contribution in [0.15, 0.2) is 42.0 Å². The lowest BCUT2D eigenvalue weighted by atomic mass is 9.78. The standard InChI is InChI=1S/C19H19N.ClH/c20-10-2-3-13-11-16-8-6-14-4-1-5-15-7-9-17(12-13)19(16)18(14)15;/h1,4-6,8-9,11H,2-3,7,10,12,20H2;1H. The average molecular weight is 298 g/mol. The molecule has 0 fully saturated rings. The van der Waals surface area contributed by atoms with Crippen molar-refractivity contribution in [3.63, 3.8) is 0 Å². The number of hydrogen-bond acceptors (Lipinski definition) is 1. The van der Waals surface area contributed by atoms with Crippen LogP contribution in [0.1, 0.15) is 36.0 Å². The summed E-state index contributed by atoms with van der Waals surface area (Å²) in [4.78, 5) is 0. The van der Waals surface area contributed by atoms with E-state index in [1.807, 2.05) is 0 Å². The quantitative estimate of drug-likeness (QED) is 0.871. The van der Waals surface area contributed by atoms with E-state index in [-0.39, 0.29) is 12.4 Å². The predicted molar refractivity (Wildman–Crippen MR) is 93.8 cm³/mol. The molecule has 2 aliphatic rings. The van der Waals surface area contributed by atoms with Crippen molar-refractivity contribution in [1.29, 1.82) is 0 Å². The molecule has 108 valence electrons. The Hall–Kier alpha value is -1.57. The Bertz CT molecular complexity index is 755. The summed E-state index contributed by atoms with van der Waals surface area (Å²) in [5, 5.41) is 2.86. The number of nitrogens with two attached hydrogens (primary N) is 1. The Balaban J connectivity index is 0.00000132. The van der Waals surface area contributed by atoms with Crippen LogP contribution in [0.2, 0.25) is 0 Å². The first-order valence-corrected chi connectivity index (χ1v) is 7.50. The van der Waals surface area contributed by atoms with Gasteiger partial charge in [0.25, 0.3) is 0 Å². The summed E-state index contributed by atoms with van der Waals surface area (Å²) in [6.07, 6.45) is 9.23. The molecule has 4 rings (SSSR count). The molecule has 2 aliphatic carbocycles. The van der Waals surface area contributed by atoms with E-state index in [9.17, 15) is 0 Å². The maximum atomic E-state index is 5.65. The summed E-state index contributed by atoms with van der Waals surface area (Å²) >= 11 is 0. The first-order chi connectivity index (χ1) is 9.86. The van der Waals surface area contributed by atoms with Crippen molar-refractivity contribution in [3.05, 3.63) is 58.7 Å². The summed E-state index contributed by atoms with van der Waals surface area (Å²) in [7, 11) is 0. The first-order valence-electron chi connectivity index (χ1n) is 7.50. The van der Waals surface area contributed by atoms with Gasteiger partial charge in [-0.2, -0.15) is 0 Å². The van der Waals surface area contributed by atoms with Gasteiger partial charge in [0.1, 0.15) is 0 Å². The maximum absolute atomic E-state index is 5.65. The third kappa shape index (κ3) is 2.31. The molecule has 0 radical (unpaired) electrons. The van der Waals surface area contributed by atoms with Gasteiger partial charge in [0.05, 0.1) is 0 Å². The molecule has 0 heterocycles. The van der Waals surface area contributed by atoms with Crippen LogP contribution in [0, 0.1) is 0 Å². The molecule has 0 aliphatic heterocycles. The molecule has 0 unspecified atom stereocenters. The lowest BCUT2D eigenvalue weighted by Gasteiger charge is -2.26. The smallest absolute Gasteiger partial charge is 0.00604 e. The Morgan fingerprint density at radius 1 is 1.10 bits per heavy atom. The lowest BCUT2D eigenvalue weighted by Crippen LogP contribution is -2.07. The number of rotatable bonds is 3. The highest BCUT2D eigenvalue weighted by Gasteiger charge is 2.21.